The zero-order chi connectivity index (χ0) is 11.7. The molecule has 0 aliphatic rings. The average Bonchev–Trinajstić information content (AvgIpc) is 2.58. The van der Waals surface area contributed by atoms with Gasteiger partial charge in [0.05, 0.1) is 10.7 Å². The second kappa shape index (κ2) is 4.09. The molecule has 16 heavy (non-hydrogen) atoms. The van der Waals surface area contributed by atoms with E-state index in [2.05, 4.69) is 21.0 Å². The zero-order valence-electron chi connectivity index (χ0n) is 8.64. The molecule has 0 atom stereocenters. The van der Waals surface area contributed by atoms with Gasteiger partial charge in [-0.1, -0.05) is 12.1 Å². The molecule has 0 aliphatic heterocycles. The Morgan fingerprint density at radius 1 is 1.50 bits per heavy atom. The third kappa shape index (κ3) is 1.86. The van der Waals surface area contributed by atoms with Gasteiger partial charge in [0.15, 0.2) is 0 Å². The summed E-state index contributed by atoms with van der Waals surface area (Å²) in [7, 11) is 1.73. The standard InChI is InChI=1S/C11H10BrN3O/c1-15-10(9(12)6-14-15)11(16)7-3-2-4-8(13)5-7/h2-6H,13H2,1H3. The number of nitrogen functional groups attached to an aromatic ring is 1. The van der Waals surface area contributed by atoms with E-state index in [1.165, 1.54) is 4.68 Å². The summed E-state index contributed by atoms with van der Waals surface area (Å²) in [6.07, 6.45) is 1.60. The van der Waals surface area contributed by atoms with Crippen LogP contribution in [0.5, 0.6) is 0 Å². The van der Waals surface area contributed by atoms with E-state index in [4.69, 9.17) is 5.73 Å². The number of aromatic nitrogens is 2. The highest BCUT2D eigenvalue weighted by molar-refractivity contribution is 9.10. The van der Waals surface area contributed by atoms with Crippen LogP contribution in [0.1, 0.15) is 16.1 Å². The molecule has 0 fully saturated rings. The quantitative estimate of drug-likeness (QED) is 0.676. The molecule has 0 radical (unpaired) electrons. The van der Waals surface area contributed by atoms with E-state index in [1.807, 2.05) is 0 Å². The van der Waals surface area contributed by atoms with Crippen LogP contribution in [0, 0.1) is 0 Å². The zero-order valence-corrected chi connectivity index (χ0v) is 10.2. The van der Waals surface area contributed by atoms with Crippen LogP contribution >= 0.6 is 15.9 Å². The summed E-state index contributed by atoms with van der Waals surface area (Å²) >= 11 is 3.30. The SMILES string of the molecule is Cn1ncc(Br)c1C(=O)c1cccc(N)c1. The highest BCUT2D eigenvalue weighted by atomic mass is 79.9. The lowest BCUT2D eigenvalue weighted by Crippen LogP contribution is -2.09. The first-order valence-corrected chi connectivity index (χ1v) is 5.46. The molecule has 0 amide bonds. The van der Waals surface area contributed by atoms with Gasteiger partial charge < -0.3 is 5.73 Å². The van der Waals surface area contributed by atoms with E-state index >= 15 is 0 Å². The molecule has 2 rings (SSSR count). The van der Waals surface area contributed by atoms with Crippen molar-refractivity contribution in [3.05, 3.63) is 46.2 Å². The number of benzene rings is 1. The fourth-order valence-electron chi connectivity index (χ4n) is 1.48. The Morgan fingerprint density at radius 2 is 2.25 bits per heavy atom. The number of anilines is 1. The van der Waals surface area contributed by atoms with Gasteiger partial charge in [0.1, 0.15) is 5.69 Å². The Morgan fingerprint density at radius 3 is 2.81 bits per heavy atom. The van der Waals surface area contributed by atoms with Crippen LogP contribution in [0.25, 0.3) is 0 Å². The largest absolute Gasteiger partial charge is 0.399 e. The van der Waals surface area contributed by atoms with Crippen molar-refractivity contribution in [2.45, 2.75) is 0 Å². The third-order valence-electron chi connectivity index (χ3n) is 2.26. The third-order valence-corrected chi connectivity index (χ3v) is 2.84. The molecule has 82 valence electrons. The van der Waals surface area contributed by atoms with Crippen LogP contribution < -0.4 is 5.73 Å². The first-order valence-electron chi connectivity index (χ1n) is 4.67. The molecule has 1 heterocycles. The van der Waals surface area contributed by atoms with Crippen molar-refractivity contribution >= 4 is 27.4 Å². The molecule has 2 aromatic rings. The fraction of sp³-hybridized carbons (Fsp3) is 0.0909. The van der Waals surface area contributed by atoms with Crippen LogP contribution in [0.4, 0.5) is 5.69 Å². The number of hydrogen-bond acceptors (Lipinski definition) is 3. The van der Waals surface area contributed by atoms with E-state index in [0.717, 1.165) is 0 Å². The Bertz CT molecular complexity index is 528. The van der Waals surface area contributed by atoms with Gasteiger partial charge in [0, 0.05) is 18.3 Å². The molecule has 5 heteroatoms. The van der Waals surface area contributed by atoms with E-state index in [9.17, 15) is 4.79 Å². The Labute approximate surface area is 101 Å². The maximum atomic E-state index is 12.2. The second-order valence-corrected chi connectivity index (χ2v) is 4.27. The predicted molar refractivity (Wildman–Crippen MR) is 65.2 cm³/mol. The monoisotopic (exact) mass is 279 g/mol. The maximum Gasteiger partial charge on any atom is 0.212 e. The van der Waals surface area contributed by atoms with Crippen molar-refractivity contribution in [3.8, 4) is 0 Å². The predicted octanol–water partition coefficient (Wildman–Crippen LogP) is 2.00. The molecule has 0 saturated carbocycles. The first-order chi connectivity index (χ1) is 7.59. The van der Waals surface area contributed by atoms with E-state index < -0.39 is 0 Å². The molecule has 0 aliphatic carbocycles. The first kappa shape index (κ1) is 10.9. The minimum atomic E-state index is -0.0980. The van der Waals surface area contributed by atoms with Crippen molar-refractivity contribution in [1.82, 2.24) is 9.78 Å². The number of halogens is 1. The molecule has 1 aromatic carbocycles. The Kier molecular flexibility index (Phi) is 2.78. The van der Waals surface area contributed by atoms with Crippen molar-refractivity contribution in [2.75, 3.05) is 5.73 Å². The van der Waals surface area contributed by atoms with Gasteiger partial charge in [-0.05, 0) is 28.1 Å². The van der Waals surface area contributed by atoms with Gasteiger partial charge in [-0.25, -0.2) is 0 Å². The molecule has 2 N–H and O–H groups in total. The lowest BCUT2D eigenvalue weighted by atomic mass is 10.1. The van der Waals surface area contributed by atoms with Crippen LogP contribution in [0.2, 0.25) is 0 Å². The molecule has 0 saturated heterocycles. The summed E-state index contributed by atoms with van der Waals surface area (Å²) in [5.41, 5.74) is 7.29. The molecule has 0 spiro atoms. The summed E-state index contributed by atoms with van der Waals surface area (Å²) in [4.78, 5) is 12.2. The van der Waals surface area contributed by atoms with E-state index in [0.29, 0.717) is 21.4 Å². The van der Waals surface area contributed by atoms with Gasteiger partial charge >= 0.3 is 0 Å². The number of rotatable bonds is 2. The summed E-state index contributed by atoms with van der Waals surface area (Å²) in [5, 5.41) is 4.00. The number of nitrogens with zero attached hydrogens (tertiary/aromatic N) is 2. The Balaban J connectivity index is 2.47. The normalized spacial score (nSPS) is 10.4. The fourth-order valence-corrected chi connectivity index (χ4v) is 2.01. The minimum Gasteiger partial charge on any atom is -0.399 e. The topological polar surface area (TPSA) is 60.9 Å². The molecule has 0 unspecified atom stereocenters. The van der Waals surface area contributed by atoms with E-state index in [1.54, 1.807) is 37.5 Å². The van der Waals surface area contributed by atoms with Gasteiger partial charge in [-0.2, -0.15) is 5.10 Å². The summed E-state index contributed by atoms with van der Waals surface area (Å²) in [5.74, 6) is -0.0980. The average molecular weight is 280 g/mol. The van der Waals surface area contributed by atoms with Crippen LogP contribution in [-0.2, 0) is 7.05 Å². The number of aryl methyl sites for hydroxylation is 1. The van der Waals surface area contributed by atoms with Crippen LogP contribution in [0.15, 0.2) is 34.9 Å². The van der Waals surface area contributed by atoms with Crippen molar-refractivity contribution in [3.63, 3.8) is 0 Å². The molecule has 0 bridgehead atoms. The molecule has 1 aromatic heterocycles. The van der Waals surface area contributed by atoms with Gasteiger partial charge in [-0.15, -0.1) is 0 Å². The van der Waals surface area contributed by atoms with Crippen LogP contribution in [0.3, 0.4) is 0 Å². The van der Waals surface area contributed by atoms with Gasteiger partial charge in [0.2, 0.25) is 5.78 Å². The van der Waals surface area contributed by atoms with Crippen molar-refractivity contribution in [1.29, 1.82) is 0 Å². The van der Waals surface area contributed by atoms with Gasteiger partial charge in [-0.3, -0.25) is 9.48 Å². The second-order valence-electron chi connectivity index (χ2n) is 3.42. The lowest BCUT2D eigenvalue weighted by molar-refractivity contribution is 0.102. The smallest absolute Gasteiger partial charge is 0.212 e. The van der Waals surface area contributed by atoms with Crippen molar-refractivity contribution in [2.24, 2.45) is 7.05 Å². The summed E-state index contributed by atoms with van der Waals surface area (Å²) in [6.45, 7) is 0. The number of carbonyl (C=O) groups excluding carboxylic acids is 1. The summed E-state index contributed by atoms with van der Waals surface area (Å²) < 4.78 is 2.22. The molecule has 4 nitrogen and oxygen atoms in total. The highest BCUT2D eigenvalue weighted by Crippen LogP contribution is 2.19. The Hall–Kier alpha value is -1.62. The minimum absolute atomic E-state index is 0.0980. The van der Waals surface area contributed by atoms with Crippen molar-refractivity contribution < 1.29 is 4.79 Å². The number of carbonyl (C=O) groups is 1. The number of hydrogen-bond donors (Lipinski definition) is 1. The summed E-state index contributed by atoms with van der Waals surface area (Å²) in [6, 6.07) is 6.89. The number of ketones is 1. The molecular weight excluding hydrogens is 270 g/mol. The molecular formula is C11H10BrN3O. The van der Waals surface area contributed by atoms with E-state index in [-0.39, 0.29) is 5.78 Å². The van der Waals surface area contributed by atoms with Crippen LogP contribution in [-0.4, -0.2) is 15.6 Å². The highest BCUT2D eigenvalue weighted by Gasteiger charge is 2.16. The van der Waals surface area contributed by atoms with Gasteiger partial charge in [0.25, 0.3) is 0 Å². The number of nitrogens with two attached hydrogens (primary N) is 1. The lowest BCUT2D eigenvalue weighted by Gasteiger charge is -2.03. The maximum absolute atomic E-state index is 12.2.